The van der Waals surface area contributed by atoms with E-state index < -0.39 is 10.0 Å². The van der Waals surface area contributed by atoms with Crippen molar-refractivity contribution in [2.24, 2.45) is 5.14 Å². The fourth-order valence-electron chi connectivity index (χ4n) is 1.81. The van der Waals surface area contributed by atoms with Crippen molar-refractivity contribution in [1.82, 2.24) is 0 Å². The molecule has 0 unspecified atom stereocenters. The average molecular weight is 321 g/mol. The molecule has 0 atom stereocenters. The van der Waals surface area contributed by atoms with Gasteiger partial charge in [-0.1, -0.05) is 38.5 Å². The Morgan fingerprint density at radius 3 is 2.05 bits per heavy atom. The maximum absolute atomic E-state index is 11.2. The molecule has 6 heteroatoms. The highest BCUT2D eigenvalue weighted by molar-refractivity contribution is 7.89. The molecule has 0 heterocycles. The summed E-state index contributed by atoms with van der Waals surface area (Å²) in [6.07, 6.45) is 1.25. The minimum absolute atomic E-state index is 0.00946. The quantitative estimate of drug-likeness (QED) is 0.850. The fourth-order valence-corrected chi connectivity index (χ4v) is 2.35. The Balaban J connectivity index is 0.000000745. The van der Waals surface area contributed by atoms with Gasteiger partial charge in [-0.05, 0) is 30.3 Å². The zero-order chi connectivity index (χ0) is 16.8. The molecule has 0 aliphatic carbocycles. The highest BCUT2D eigenvalue weighted by atomic mass is 32.2. The Morgan fingerprint density at radius 2 is 1.59 bits per heavy atom. The van der Waals surface area contributed by atoms with Crippen LogP contribution in [0.25, 0.3) is 0 Å². The van der Waals surface area contributed by atoms with Gasteiger partial charge in [0.25, 0.3) is 0 Å². The summed E-state index contributed by atoms with van der Waals surface area (Å²) < 4.78 is 22.5. The first kappa shape index (κ1) is 18.0. The van der Waals surface area contributed by atoms with E-state index in [1.807, 2.05) is 42.3 Å². The monoisotopic (exact) mass is 321 g/mol. The molecule has 0 saturated heterocycles. The second-order valence-corrected chi connectivity index (χ2v) is 6.43. The third-order valence-corrected chi connectivity index (χ3v) is 3.74. The van der Waals surface area contributed by atoms with Gasteiger partial charge >= 0.3 is 0 Å². The minimum Gasteiger partial charge on any atom is -0.397 e. The van der Waals surface area contributed by atoms with Crippen LogP contribution in [0.1, 0.15) is 20.3 Å². The van der Waals surface area contributed by atoms with Crippen LogP contribution in [0, 0.1) is 0 Å². The third-order valence-electron chi connectivity index (χ3n) is 2.83. The summed E-state index contributed by atoms with van der Waals surface area (Å²) in [4.78, 5) is 1.89. The minimum atomic E-state index is -3.73. The maximum Gasteiger partial charge on any atom is 0.238 e. The normalized spacial score (nSPS) is 10.5. The summed E-state index contributed by atoms with van der Waals surface area (Å²) >= 11 is 0. The van der Waals surface area contributed by atoms with Crippen LogP contribution in [0.3, 0.4) is 0 Å². The van der Waals surface area contributed by atoms with Crippen LogP contribution < -0.4 is 15.8 Å². The van der Waals surface area contributed by atoms with Crippen LogP contribution in [-0.4, -0.2) is 15.5 Å². The van der Waals surface area contributed by atoms with Gasteiger partial charge in [-0.3, -0.25) is 0 Å². The van der Waals surface area contributed by atoms with E-state index in [0.717, 1.165) is 11.4 Å². The second-order valence-electron chi connectivity index (χ2n) is 4.87. The summed E-state index contributed by atoms with van der Waals surface area (Å²) in [6, 6.07) is 14.1. The molecule has 0 radical (unpaired) electrons. The molecule has 120 valence electrons. The number of primary sulfonamides is 1. The van der Waals surface area contributed by atoms with Gasteiger partial charge in [-0.25, -0.2) is 13.6 Å². The number of para-hydroxylation sites is 1. The van der Waals surface area contributed by atoms with Crippen molar-refractivity contribution < 1.29 is 8.42 Å². The van der Waals surface area contributed by atoms with Crippen molar-refractivity contribution in [3.05, 3.63) is 48.5 Å². The van der Waals surface area contributed by atoms with Crippen molar-refractivity contribution in [2.45, 2.75) is 25.2 Å². The maximum atomic E-state index is 11.2. The lowest BCUT2D eigenvalue weighted by Gasteiger charge is -2.21. The van der Waals surface area contributed by atoms with E-state index in [4.69, 9.17) is 10.9 Å². The molecule has 5 nitrogen and oxygen atoms in total. The first-order chi connectivity index (χ1) is 10.3. The molecule has 0 fully saturated rings. The highest BCUT2D eigenvalue weighted by Crippen LogP contribution is 2.30. The second kappa shape index (κ2) is 7.82. The van der Waals surface area contributed by atoms with E-state index in [2.05, 4.69) is 13.8 Å². The van der Waals surface area contributed by atoms with E-state index in [1.165, 1.54) is 18.6 Å². The Hall–Kier alpha value is -2.05. The van der Waals surface area contributed by atoms with E-state index in [9.17, 15) is 8.42 Å². The molecule has 0 bridgehead atoms. The molecular weight excluding hydrogens is 298 g/mol. The van der Waals surface area contributed by atoms with Crippen LogP contribution in [0.2, 0.25) is 0 Å². The molecule has 0 aliphatic heterocycles. The molecular formula is C16H23N3O2S. The number of nitrogens with two attached hydrogens (primary N) is 2. The number of rotatable bonds is 3. The van der Waals surface area contributed by atoms with Crippen LogP contribution in [0.5, 0.6) is 0 Å². The van der Waals surface area contributed by atoms with Gasteiger partial charge in [-0.2, -0.15) is 0 Å². The molecule has 0 aromatic heterocycles. The number of anilines is 3. The molecule has 2 aromatic rings. The van der Waals surface area contributed by atoms with Gasteiger partial charge in [0.05, 0.1) is 16.3 Å². The molecule has 2 aromatic carbocycles. The first-order valence-corrected chi connectivity index (χ1v) is 8.57. The predicted molar refractivity (Wildman–Crippen MR) is 92.7 cm³/mol. The molecule has 0 aliphatic rings. The van der Waals surface area contributed by atoms with Crippen molar-refractivity contribution in [1.29, 1.82) is 0 Å². The topological polar surface area (TPSA) is 89.4 Å². The summed E-state index contributed by atoms with van der Waals surface area (Å²) in [5.74, 6) is 0. The highest BCUT2D eigenvalue weighted by Gasteiger charge is 2.12. The molecule has 22 heavy (non-hydrogen) atoms. The van der Waals surface area contributed by atoms with Crippen LogP contribution in [0.15, 0.2) is 53.4 Å². The molecule has 0 saturated carbocycles. The average Bonchev–Trinajstić information content (AvgIpc) is 2.47. The zero-order valence-corrected chi connectivity index (χ0v) is 14.0. The number of nitrogens with zero attached hydrogens (tertiary/aromatic N) is 1. The zero-order valence-electron chi connectivity index (χ0n) is 13.2. The largest absolute Gasteiger partial charge is 0.397 e. The summed E-state index contributed by atoms with van der Waals surface area (Å²) in [7, 11) is -1.87. The Bertz CT molecular complexity index is 701. The van der Waals surface area contributed by atoms with Gasteiger partial charge in [0, 0.05) is 12.7 Å². The van der Waals surface area contributed by atoms with Gasteiger partial charge in [0.1, 0.15) is 0 Å². The summed E-state index contributed by atoms with van der Waals surface area (Å²) in [6.45, 7) is 4.25. The summed E-state index contributed by atoms with van der Waals surface area (Å²) in [5, 5.41) is 5.07. The Morgan fingerprint density at radius 1 is 1.05 bits per heavy atom. The van der Waals surface area contributed by atoms with E-state index in [0.29, 0.717) is 5.69 Å². The first-order valence-electron chi connectivity index (χ1n) is 7.02. The van der Waals surface area contributed by atoms with E-state index in [1.54, 1.807) is 6.07 Å². The standard InChI is InChI=1S/C13H15N3O2S.C3H8/c1-16(10-5-3-2-4-6-10)13-8-7-11(9-12(13)14)19(15,17)18;1-3-2/h2-9H,14H2,1H3,(H2,15,17,18);3H2,1-2H3. The van der Waals surface area contributed by atoms with Crippen molar-refractivity contribution in [3.8, 4) is 0 Å². The lowest BCUT2D eigenvalue weighted by Crippen LogP contribution is -2.15. The van der Waals surface area contributed by atoms with Gasteiger partial charge in [0.15, 0.2) is 0 Å². The van der Waals surface area contributed by atoms with Crippen LogP contribution in [0.4, 0.5) is 17.1 Å². The van der Waals surface area contributed by atoms with Gasteiger partial charge in [0.2, 0.25) is 10.0 Å². The lowest BCUT2D eigenvalue weighted by molar-refractivity contribution is 0.598. The number of sulfonamides is 1. The number of hydrogen-bond acceptors (Lipinski definition) is 4. The lowest BCUT2D eigenvalue weighted by atomic mass is 10.2. The Labute approximate surface area is 132 Å². The summed E-state index contributed by atoms with van der Waals surface area (Å²) in [5.41, 5.74) is 7.93. The SMILES string of the molecule is CCC.CN(c1ccccc1)c1ccc(S(N)(=O)=O)cc1N. The number of nitrogen functional groups attached to an aromatic ring is 1. The van der Waals surface area contributed by atoms with Crippen molar-refractivity contribution in [2.75, 3.05) is 17.7 Å². The van der Waals surface area contributed by atoms with Crippen molar-refractivity contribution >= 4 is 27.1 Å². The fraction of sp³-hybridized carbons (Fsp3) is 0.250. The predicted octanol–water partition coefficient (Wildman–Crippen LogP) is 3.10. The third kappa shape index (κ3) is 4.75. The Kier molecular flexibility index (Phi) is 6.39. The molecule has 0 amide bonds. The van der Waals surface area contributed by atoms with Crippen LogP contribution >= 0.6 is 0 Å². The molecule has 0 spiro atoms. The van der Waals surface area contributed by atoms with Gasteiger partial charge < -0.3 is 10.6 Å². The van der Waals surface area contributed by atoms with E-state index in [-0.39, 0.29) is 4.90 Å². The van der Waals surface area contributed by atoms with E-state index >= 15 is 0 Å². The molecule has 4 N–H and O–H groups in total. The van der Waals surface area contributed by atoms with Crippen LogP contribution in [-0.2, 0) is 10.0 Å². The smallest absolute Gasteiger partial charge is 0.238 e. The van der Waals surface area contributed by atoms with Gasteiger partial charge in [-0.15, -0.1) is 0 Å². The molecule has 2 rings (SSSR count). The number of benzene rings is 2. The number of hydrogen-bond donors (Lipinski definition) is 2. The van der Waals surface area contributed by atoms with Crippen molar-refractivity contribution in [3.63, 3.8) is 0 Å².